The Hall–Kier alpha value is -3.15. The number of piperazine rings is 1. The maximum absolute atomic E-state index is 12.3. The van der Waals surface area contributed by atoms with E-state index in [9.17, 15) is 9.90 Å². The molecule has 0 atom stereocenters. The number of hydrogen-bond acceptors (Lipinski definition) is 5. The first-order chi connectivity index (χ1) is 17.2. The molecule has 0 unspecified atom stereocenters. The van der Waals surface area contributed by atoms with E-state index in [-0.39, 0.29) is 22.8 Å². The number of rotatable bonds is 5. The van der Waals surface area contributed by atoms with Crippen LogP contribution in [0.2, 0.25) is 0 Å². The largest absolute Gasteiger partial charge is 0.423 e. The predicted octanol–water partition coefficient (Wildman–Crippen LogP) is 5.35. The van der Waals surface area contributed by atoms with Gasteiger partial charge in [-0.1, -0.05) is 76.2 Å². The predicted molar refractivity (Wildman–Crippen MR) is 143 cm³/mol. The fourth-order valence-electron chi connectivity index (χ4n) is 7.09. The van der Waals surface area contributed by atoms with Crippen LogP contribution in [-0.4, -0.2) is 48.2 Å². The fourth-order valence-corrected chi connectivity index (χ4v) is 7.09. The van der Waals surface area contributed by atoms with Crippen LogP contribution in [-0.2, 0) is 5.60 Å². The summed E-state index contributed by atoms with van der Waals surface area (Å²) in [7, 11) is 0. The molecule has 3 aromatic carbocycles. The molecule has 5 heteroatoms. The Bertz CT molecular complexity index is 1180. The van der Waals surface area contributed by atoms with Crippen LogP contribution in [0.5, 0.6) is 5.75 Å². The van der Waals surface area contributed by atoms with Gasteiger partial charge in [-0.15, -0.1) is 0 Å². The standard InChI is InChI=1S/C31H36N2O3/c1-29(2)28(30(3,4)31(29,35)24-13-9-6-10-14-24)33-21-19-32(20-22-33)25-15-17-26(18-16-25)36-27(34)23-11-7-5-8-12-23/h5-18,28,35H,19-22H2,1-4H3. The molecule has 1 saturated carbocycles. The summed E-state index contributed by atoms with van der Waals surface area (Å²) >= 11 is 0. The van der Waals surface area contributed by atoms with Crippen molar-refractivity contribution in [1.29, 1.82) is 0 Å². The number of carbonyl (C=O) groups is 1. The van der Waals surface area contributed by atoms with E-state index in [0.29, 0.717) is 11.3 Å². The van der Waals surface area contributed by atoms with Gasteiger partial charge in [0.05, 0.1) is 5.56 Å². The molecule has 2 fully saturated rings. The third-order valence-electron chi connectivity index (χ3n) is 8.53. The number of hydrogen-bond donors (Lipinski definition) is 1. The van der Waals surface area contributed by atoms with Crippen molar-refractivity contribution in [2.45, 2.75) is 39.3 Å². The van der Waals surface area contributed by atoms with Crippen molar-refractivity contribution in [2.75, 3.05) is 31.1 Å². The minimum atomic E-state index is -0.879. The molecule has 188 valence electrons. The van der Waals surface area contributed by atoms with Gasteiger partial charge in [0.15, 0.2) is 0 Å². The highest BCUT2D eigenvalue weighted by molar-refractivity contribution is 5.91. The zero-order valence-corrected chi connectivity index (χ0v) is 21.6. The van der Waals surface area contributed by atoms with E-state index >= 15 is 0 Å². The molecule has 1 N–H and O–H groups in total. The summed E-state index contributed by atoms with van der Waals surface area (Å²) in [5.41, 5.74) is 1.24. The average Bonchev–Trinajstić information content (AvgIpc) is 2.89. The van der Waals surface area contributed by atoms with Gasteiger partial charge in [0.25, 0.3) is 0 Å². The van der Waals surface area contributed by atoms with Gasteiger partial charge in [-0.25, -0.2) is 4.79 Å². The number of aliphatic hydroxyl groups is 1. The fraction of sp³-hybridized carbons (Fsp3) is 0.387. The lowest BCUT2D eigenvalue weighted by molar-refractivity contribution is -0.307. The van der Waals surface area contributed by atoms with Gasteiger partial charge < -0.3 is 14.7 Å². The van der Waals surface area contributed by atoms with Gasteiger partial charge in [-0.3, -0.25) is 4.90 Å². The number of carbonyl (C=O) groups excluding carboxylic acids is 1. The van der Waals surface area contributed by atoms with E-state index in [2.05, 4.69) is 49.6 Å². The number of anilines is 1. The van der Waals surface area contributed by atoms with Crippen LogP contribution < -0.4 is 9.64 Å². The van der Waals surface area contributed by atoms with E-state index in [1.165, 1.54) is 0 Å². The number of benzene rings is 3. The van der Waals surface area contributed by atoms with Crippen LogP contribution in [0.15, 0.2) is 84.9 Å². The lowest BCUT2D eigenvalue weighted by atomic mass is 9.39. The zero-order valence-electron chi connectivity index (χ0n) is 21.6. The highest BCUT2D eigenvalue weighted by Crippen LogP contribution is 2.68. The Morgan fingerprint density at radius 1 is 0.778 bits per heavy atom. The molecule has 5 rings (SSSR count). The normalized spacial score (nSPS) is 25.1. The van der Waals surface area contributed by atoms with E-state index in [1.54, 1.807) is 12.1 Å². The van der Waals surface area contributed by atoms with Crippen molar-refractivity contribution >= 4 is 11.7 Å². The highest BCUT2D eigenvalue weighted by Gasteiger charge is 2.73. The number of esters is 1. The van der Waals surface area contributed by atoms with Crippen LogP contribution >= 0.6 is 0 Å². The van der Waals surface area contributed by atoms with Crippen molar-refractivity contribution < 1.29 is 14.6 Å². The first-order valence-electron chi connectivity index (χ1n) is 12.8. The van der Waals surface area contributed by atoms with Crippen molar-refractivity contribution in [3.63, 3.8) is 0 Å². The van der Waals surface area contributed by atoms with Crippen molar-refractivity contribution in [1.82, 2.24) is 4.90 Å². The molecule has 0 spiro atoms. The van der Waals surface area contributed by atoms with Crippen LogP contribution in [0.4, 0.5) is 5.69 Å². The van der Waals surface area contributed by atoms with Crippen molar-refractivity contribution in [3.05, 3.63) is 96.1 Å². The Kier molecular flexibility index (Phi) is 6.17. The molecule has 0 bridgehead atoms. The summed E-state index contributed by atoms with van der Waals surface area (Å²) in [6.45, 7) is 12.5. The van der Waals surface area contributed by atoms with Gasteiger partial charge in [-0.2, -0.15) is 0 Å². The molecule has 1 heterocycles. The summed E-state index contributed by atoms with van der Waals surface area (Å²) in [6.07, 6.45) is 0. The molecule has 0 amide bonds. The molecule has 3 aromatic rings. The van der Waals surface area contributed by atoms with Crippen molar-refractivity contribution in [3.8, 4) is 5.75 Å². The van der Waals surface area contributed by atoms with Gasteiger partial charge in [0.1, 0.15) is 11.4 Å². The number of ether oxygens (including phenoxy) is 1. The molecule has 1 saturated heterocycles. The second-order valence-corrected chi connectivity index (χ2v) is 11.2. The zero-order chi connectivity index (χ0) is 25.6. The Morgan fingerprint density at radius 2 is 1.31 bits per heavy atom. The molecule has 1 aliphatic carbocycles. The molecule has 5 nitrogen and oxygen atoms in total. The monoisotopic (exact) mass is 484 g/mol. The molecule has 1 aliphatic heterocycles. The van der Waals surface area contributed by atoms with Crippen LogP contribution in [0.1, 0.15) is 43.6 Å². The smallest absolute Gasteiger partial charge is 0.343 e. The Balaban J connectivity index is 1.23. The average molecular weight is 485 g/mol. The van der Waals surface area contributed by atoms with E-state index in [1.807, 2.05) is 60.7 Å². The molecular weight excluding hydrogens is 448 g/mol. The van der Waals surface area contributed by atoms with Crippen LogP contribution in [0.25, 0.3) is 0 Å². The van der Waals surface area contributed by atoms with E-state index in [0.717, 1.165) is 37.4 Å². The van der Waals surface area contributed by atoms with E-state index in [4.69, 9.17) is 4.74 Å². The summed E-state index contributed by atoms with van der Waals surface area (Å²) < 4.78 is 5.53. The van der Waals surface area contributed by atoms with Gasteiger partial charge in [0, 0.05) is 48.7 Å². The van der Waals surface area contributed by atoms with Gasteiger partial charge >= 0.3 is 5.97 Å². The summed E-state index contributed by atoms with van der Waals surface area (Å²) in [5, 5.41) is 12.0. The first kappa shape index (κ1) is 24.5. The number of nitrogens with zero attached hydrogens (tertiary/aromatic N) is 2. The molecule has 2 aliphatic rings. The van der Waals surface area contributed by atoms with Gasteiger partial charge in [0.2, 0.25) is 0 Å². The summed E-state index contributed by atoms with van der Waals surface area (Å²) in [5.74, 6) is 0.197. The van der Waals surface area contributed by atoms with Crippen molar-refractivity contribution in [2.24, 2.45) is 10.8 Å². The molecule has 0 aromatic heterocycles. The van der Waals surface area contributed by atoms with E-state index < -0.39 is 5.60 Å². The third kappa shape index (κ3) is 3.82. The van der Waals surface area contributed by atoms with Crippen LogP contribution in [0.3, 0.4) is 0 Å². The maximum Gasteiger partial charge on any atom is 0.343 e. The third-order valence-corrected chi connectivity index (χ3v) is 8.53. The molecule has 0 radical (unpaired) electrons. The minimum absolute atomic E-state index is 0.274. The highest BCUT2D eigenvalue weighted by atomic mass is 16.5. The van der Waals surface area contributed by atoms with Crippen LogP contribution in [0, 0.1) is 10.8 Å². The minimum Gasteiger partial charge on any atom is -0.423 e. The topological polar surface area (TPSA) is 53.0 Å². The molecule has 36 heavy (non-hydrogen) atoms. The molecular formula is C31H36N2O3. The Morgan fingerprint density at radius 3 is 1.86 bits per heavy atom. The summed E-state index contributed by atoms with van der Waals surface area (Å²) in [4.78, 5) is 17.3. The Labute approximate surface area is 214 Å². The quantitative estimate of drug-likeness (QED) is 0.391. The SMILES string of the molecule is CC1(C)C(N2CCN(c3ccc(OC(=O)c4ccccc4)cc3)CC2)C(C)(C)C1(O)c1ccccc1. The first-order valence-corrected chi connectivity index (χ1v) is 12.8. The van der Waals surface area contributed by atoms with Gasteiger partial charge in [-0.05, 0) is 42.0 Å². The second-order valence-electron chi connectivity index (χ2n) is 11.2. The maximum atomic E-state index is 12.3. The summed E-state index contributed by atoms with van der Waals surface area (Å²) in [6, 6.07) is 27.2. The second kappa shape index (κ2) is 9.06. The lowest BCUT2D eigenvalue weighted by Crippen LogP contribution is -2.79. The lowest BCUT2D eigenvalue weighted by Gasteiger charge is -2.72.